The summed E-state index contributed by atoms with van der Waals surface area (Å²) < 4.78 is 6.18. The van der Waals surface area contributed by atoms with E-state index in [1.54, 1.807) is 6.92 Å². The van der Waals surface area contributed by atoms with E-state index in [1.807, 2.05) is 0 Å². The maximum Gasteiger partial charge on any atom is 0.333 e. The van der Waals surface area contributed by atoms with Gasteiger partial charge in [-0.05, 0) is 26.2 Å². The normalized spacial score (nSPS) is 11.0. The molecule has 1 rings (SSSR count). The Morgan fingerprint density at radius 3 is 1.86 bits per heavy atom. The first-order chi connectivity index (χ1) is 13.4. The van der Waals surface area contributed by atoms with Crippen molar-refractivity contribution >= 4 is 5.97 Å². The van der Waals surface area contributed by atoms with E-state index in [-0.39, 0.29) is 23.0 Å². The predicted octanol–water partition coefficient (Wildman–Crippen LogP) is 3.29. The number of halogens is 1. The third kappa shape index (κ3) is 15.4. The molecule has 0 atom stereocenters. The van der Waals surface area contributed by atoms with Gasteiger partial charge in [-0.15, -0.1) is 0 Å². The average Bonchev–Trinajstić information content (AvgIpc) is 2.65. The van der Waals surface area contributed by atoms with Crippen LogP contribution < -0.4 is 17.0 Å². The zero-order valence-corrected chi connectivity index (χ0v) is 20.5. The van der Waals surface area contributed by atoms with Crippen molar-refractivity contribution in [2.45, 2.75) is 77.7 Å². The average molecular weight is 469 g/mol. The van der Waals surface area contributed by atoms with E-state index in [4.69, 9.17) is 4.74 Å². The fourth-order valence-corrected chi connectivity index (χ4v) is 3.50. The lowest BCUT2D eigenvalue weighted by atomic mass is 10.1. The molecule has 0 aliphatic heterocycles. The first kappa shape index (κ1) is 27.9. The van der Waals surface area contributed by atoms with E-state index in [9.17, 15) is 4.79 Å². The van der Waals surface area contributed by atoms with Crippen molar-refractivity contribution in [1.29, 1.82) is 0 Å². The summed E-state index contributed by atoms with van der Waals surface area (Å²) in [6.07, 6.45) is 12.8. The predicted molar refractivity (Wildman–Crippen MR) is 119 cm³/mol. The monoisotopic (exact) mass is 467 g/mol. The Morgan fingerprint density at radius 2 is 1.34 bits per heavy atom. The second kappa shape index (κ2) is 16.6. The molecule has 1 aromatic rings. The Labute approximate surface area is 189 Å². The third-order valence-electron chi connectivity index (χ3n) is 5.19. The van der Waals surface area contributed by atoms with Gasteiger partial charge in [0.25, 0.3) is 0 Å². The van der Waals surface area contributed by atoms with Crippen LogP contribution in [0.3, 0.4) is 0 Å². The van der Waals surface area contributed by atoms with Crippen molar-refractivity contribution in [3.05, 3.63) is 48.0 Å². The molecular weight excluding hydrogens is 426 g/mol. The minimum absolute atomic E-state index is 0. The van der Waals surface area contributed by atoms with Crippen LogP contribution in [0.5, 0.6) is 0 Å². The van der Waals surface area contributed by atoms with Crippen LogP contribution in [-0.4, -0.2) is 37.7 Å². The van der Waals surface area contributed by atoms with Crippen LogP contribution in [0.15, 0.2) is 42.5 Å². The second-order valence-corrected chi connectivity index (χ2v) is 8.75. The first-order valence-corrected chi connectivity index (χ1v) is 11.1. The van der Waals surface area contributed by atoms with Gasteiger partial charge >= 0.3 is 5.97 Å². The summed E-state index contributed by atoms with van der Waals surface area (Å²) in [4.78, 5) is 11.2. The van der Waals surface area contributed by atoms with E-state index < -0.39 is 0 Å². The summed E-state index contributed by atoms with van der Waals surface area (Å²) in [6, 6.07) is 10.8. The number of carbonyl (C=O) groups is 1. The van der Waals surface area contributed by atoms with Crippen LogP contribution in [0.1, 0.15) is 76.7 Å². The summed E-state index contributed by atoms with van der Waals surface area (Å²) in [6.45, 7) is 8.18. The molecule has 0 bridgehead atoms. The Hall–Kier alpha value is -1.13. The van der Waals surface area contributed by atoms with Gasteiger partial charge < -0.3 is 26.2 Å². The van der Waals surface area contributed by atoms with Crippen LogP contribution in [0.25, 0.3) is 0 Å². The Balaban J connectivity index is 0.00000784. The molecule has 3 nitrogen and oxygen atoms in total. The first-order valence-electron chi connectivity index (χ1n) is 11.1. The van der Waals surface area contributed by atoms with Crippen molar-refractivity contribution in [2.75, 3.05) is 27.2 Å². The van der Waals surface area contributed by atoms with Crippen LogP contribution in [-0.2, 0) is 16.1 Å². The molecule has 29 heavy (non-hydrogen) atoms. The van der Waals surface area contributed by atoms with Crippen molar-refractivity contribution in [1.82, 2.24) is 0 Å². The third-order valence-corrected chi connectivity index (χ3v) is 5.19. The largest absolute Gasteiger partial charge is 1.00 e. The number of ether oxygens (including phenoxy) is 1. The number of esters is 1. The van der Waals surface area contributed by atoms with Crippen molar-refractivity contribution < 1.29 is 31.0 Å². The molecule has 0 N–H and O–H groups in total. The van der Waals surface area contributed by atoms with E-state index in [0.29, 0.717) is 12.2 Å². The summed E-state index contributed by atoms with van der Waals surface area (Å²) >= 11 is 0. The molecule has 0 radical (unpaired) electrons. The molecule has 166 valence electrons. The molecule has 4 heteroatoms. The van der Waals surface area contributed by atoms with Gasteiger partial charge in [0.05, 0.1) is 27.2 Å². The van der Waals surface area contributed by atoms with E-state index in [0.717, 1.165) is 23.9 Å². The molecule has 0 unspecified atom stereocenters. The van der Waals surface area contributed by atoms with Gasteiger partial charge in [0, 0.05) is 11.1 Å². The van der Waals surface area contributed by atoms with Crippen LogP contribution >= 0.6 is 0 Å². The number of rotatable bonds is 16. The van der Waals surface area contributed by atoms with Crippen molar-refractivity contribution in [3.8, 4) is 0 Å². The fourth-order valence-electron chi connectivity index (χ4n) is 3.50. The maximum absolute atomic E-state index is 11.2. The molecule has 0 saturated heterocycles. The second-order valence-electron chi connectivity index (χ2n) is 8.75. The molecular formula is C25H42BrNO2. The zero-order chi connectivity index (χ0) is 20.7. The number of nitrogens with zero attached hydrogens (tertiary/aromatic N) is 1. The van der Waals surface area contributed by atoms with Gasteiger partial charge in [0.15, 0.2) is 0 Å². The molecule has 0 amide bonds. The Kier molecular flexibility index (Phi) is 16.0. The quantitative estimate of drug-likeness (QED) is 0.161. The SMILES string of the molecule is C=C(C)C(=O)OCCCCCCCCCCCC[N+](C)(C)Cc1ccccc1.[Br-]. The van der Waals surface area contributed by atoms with Gasteiger partial charge in [-0.3, -0.25) is 0 Å². The molecule has 0 aromatic heterocycles. The minimum Gasteiger partial charge on any atom is -1.00 e. The summed E-state index contributed by atoms with van der Waals surface area (Å²) in [5.74, 6) is -0.262. The summed E-state index contributed by atoms with van der Waals surface area (Å²) in [5.41, 5.74) is 1.92. The molecule has 0 aliphatic carbocycles. The summed E-state index contributed by atoms with van der Waals surface area (Å²) in [7, 11) is 4.68. The van der Waals surface area contributed by atoms with Gasteiger partial charge in [-0.1, -0.05) is 81.9 Å². The highest BCUT2D eigenvalue weighted by molar-refractivity contribution is 5.86. The number of hydrogen-bond acceptors (Lipinski definition) is 2. The van der Waals surface area contributed by atoms with E-state index >= 15 is 0 Å². The Bertz CT molecular complexity index is 557. The van der Waals surface area contributed by atoms with Crippen LogP contribution in [0.2, 0.25) is 0 Å². The lowest BCUT2D eigenvalue weighted by molar-refractivity contribution is -0.903. The van der Waals surface area contributed by atoms with Crippen molar-refractivity contribution in [2.24, 2.45) is 0 Å². The summed E-state index contributed by atoms with van der Waals surface area (Å²) in [5, 5.41) is 0. The van der Waals surface area contributed by atoms with E-state index in [2.05, 4.69) is 51.0 Å². The van der Waals surface area contributed by atoms with Gasteiger partial charge in [-0.2, -0.15) is 0 Å². The minimum atomic E-state index is -0.262. The topological polar surface area (TPSA) is 26.3 Å². The van der Waals surface area contributed by atoms with Crippen LogP contribution in [0, 0.1) is 0 Å². The molecule has 0 fully saturated rings. The Morgan fingerprint density at radius 1 is 0.862 bits per heavy atom. The van der Waals surface area contributed by atoms with Gasteiger partial charge in [-0.25, -0.2) is 4.79 Å². The lowest BCUT2D eigenvalue weighted by Gasteiger charge is -2.30. The zero-order valence-electron chi connectivity index (χ0n) is 18.9. The molecule has 0 saturated carbocycles. The highest BCUT2D eigenvalue weighted by atomic mass is 79.9. The number of benzene rings is 1. The number of quaternary nitrogens is 1. The molecule has 0 spiro atoms. The van der Waals surface area contributed by atoms with Crippen LogP contribution in [0.4, 0.5) is 0 Å². The molecule has 1 aromatic carbocycles. The van der Waals surface area contributed by atoms with Gasteiger partial charge in [0.1, 0.15) is 6.54 Å². The standard InChI is InChI=1S/C25H42NO2.BrH/c1-23(2)25(27)28-21-17-12-10-8-6-5-7-9-11-16-20-26(3,4)22-24-18-14-13-15-19-24;/h13-15,18-19H,1,5-12,16-17,20-22H2,2-4H3;1H/q+1;/p-1. The molecule has 0 heterocycles. The highest BCUT2D eigenvalue weighted by Gasteiger charge is 2.14. The number of unbranched alkanes of at least 4 members (excludes halogenated alkanes) is 9. The molecule has 0 aliphatic rings. The lowest BCUT2D eigenvalue weighted by Crippen LogP contribution is -3.00. The van der Waals surface area contributed by atoms with E-state index in [1.165, 1.54) is 63.5 Å². The van der Waals surface area contributed by atoms with Gasteiger partial charge in [0.2, 0.25) is 0 Å². The fraction of sp³-hybridized carbons (Fsp3) is 0.640. The smallest absolute Gasteiger partial charge is 0.333 e. The maximum atomic E-state index is 11.2. The number of hydrogen-bond donors (Lipinski definition) is 0. The number of carbonyl (C=O) groups excluding carboxylic acids is 1. The highest BCUT2D eigenvalue weighted by Crippen LogP contribution is 2.14. The van der Waals surface area contributed by atoms with Crippen molar-refractivity contribution in [3.63, 3.8) is 0 Å².